The first kappa shape index (κ1) is 26.7. The SMILES string of the molecule is COc1ccc2cc1OCC(=O)NCc1ccc(cc1)O[C@H]1CN(C(=O)c3n[nH]c4c3CCC4)C[C@@H]1NC(=O)CC2. The highest BCUT2D eigenvalue weighted by atomic mass is 16.5. The number of hydrogen-bond donors (Lipinski definition) is 3. The lowest BCUT2D eigenvalue weighted by Gasteiger charge is -2.21. The van der Waals surface area contributed by atoms with E-state index in [0.717, 1.165) is 41.6 Å². The van der Waals surface area contributed by atoms with E-state index in [4.69, 9.17) is 14.2 Å². The number of nitrogens with one attached hydrogen (secondary N) is 3. The van der Waals surface area contributed by atoms with Crippen LogP contribution < -0.4 is 24.8 Å². The van der Waals surface area contributed by atoms with Crippen LogP contribution in [0.3, 0.4) is 0 Å². The molecule has 4 heterocycles. The van der Waals surface area contributed by atoms with Gasteiger partial charge in [-0.3, -0.25) is 19.5 Å². The summed E-state index contributed by atoms with van der Waals surface area (Å²) in [6.45, 7) is 0.809. The van der Waals surface area contributed by atoms with Crippen molar-refractivity contribution in [2.45, 2.75) is 50.8 Å². The lowest BCUT2D eigenvalue weighted by Crippen LogP contribution is -2.45. The average molecular weight is 560 g/mol. The number of amides is 3. The first-order chi connectivity index (χ1) is 20.0. The van der Waals surface area contributed by atoms with E-state index in [1.807, 2.05) is 30.3 Å². The quantitative estimate of drug-likeness (QED) is 0.437. The third-order valence-electron chi connectivity index (χ3n) is 7.84. The summed E-state index contributed by atoms with van der Waals surface area (Å²) in [5, 5.41) is 13.3. The molecule has 0 saturated carbocycles. The molecule has 11 nitrogen and oxygen atoms in total. The van der Waals surface area contributed by atoms with Gasteiger partial charge in [-0.2, -0.15) is 5.10 Å². The number of likely N-dealkylation sites (tertiary alicyclic amines) is 1. The van der Waals surface area contributed by atoms with Gasteiger partial charge in [0, 0.05) is 30.8 Å². The molecular formula is C30H33N5O6. The summed E-state index contributed by atoms with van der Waals surface area (Å²) < 4.78 is 17.5. The Hall–Kier alpha value is -4.54. The number of nitrogens with zero attached hydrogens (tertiary/aromatic N) is 2. The zero-order valence-electron chi connectivity index (χ0n) is 22.9. The van der Waals surface area contributed by atoms with Gasteiger partial charge in [0.15, 0.2) is 23.8 Å². The fraction of sp³-hybridized carbons (Fsp3) is 0.400. The smallest absolute Gasteiger partial charge is 0.274 e. The molecule has 3 N–H and O–H groups in total. The lowest BCUT2D eigenvalue weighted by molar-refractivity contribution is -0.123. The Labute approximate surface area is 237 Å². The van der Waals surface area contributed by atoms with Crippen molar-refractivity contribution in [3.63, 3.8) is 0 Å². The van der Waals surface area contributed by atoms with Crippen LogP contribution >= 0.6 is 0 Å². The van der Waals surface area contributed by atoms with E-state index in [9.17, 15) is 14.4 Å². The fourth-order valence-corrected chi connectivity index (χ4v) is 5.63. The zero-order chi connectivity index (χ0) is 28.3. The largest absolute Gasteiger partial charge is 0.493 e. The topological polar surface area (TPSA) is 135 Å². The van der Waals surface area contributed by atoms with E-state index in [2.05, 4.69) is 20.8 Å². The highest BCUT2D eigenvalue weighted by molar-refractivity contribution is 5.94. The van der Waals surface area contributed by atoms with Gasteiger partial charge in [0.2, 0.25) is 5.91 Å². The molecular weight excluding hydrogens is 526 g/mol. The number of ether oxygens (including phenoxy) is 3. The summed E-state index contributed by atoms with van der Waals surface area (Å²) in [7, 11) is 1.54. The van der Waals surface area contributed by atoms with Crippen molar-refractivity contribution in [2.24, 2.45) is 0 Å². The third kappa shape index (κ3) is 5.84. The molecule has 4 aliphatic rings. The molecule has 3 aliphatic heterocycles. The summed E-state index contributed by atoms with van der Waals surface area (Å²) in [4.78, 5) is 40.7. The van der Waals surface area contributed by atoms with Crippen molar-refractivity contribution in [1.29, 1.82) is 0 Å². The van der Waals surface area contributed by atoms with Gasteiger partial charge in [0.25, 0.3) is 11.8 Å². The molecule has 1 fully saturated rings. The van der Waals surface area contributed by atoms with Crippen LogP contribution in [0.15, 0.2) is 42.5 Å². The number of aromatic nitrogens is 2. The maximum absolute atomic E-state index is 13.5. The van der Waals surface area contributed by atoms with E-state index >= 15 is 0 Å². The van der Waals surface area contributed by atoms with Crippen LogP contribution in [0.5, 0.6) is 17.2 Å². The summed E-state index contributed by atoms with van der Waals surface area (Å²) in [6.07, 6.45) is 3.00. The van der Waals surface area contributed by atoms with Crippen molar-refractivity contribution in [3.8, 4) is 17.2 Å². The molecule has 214 valence electrons. The Morgan fingerprint density at radius 2 is 1.83 bits per heavy atom. The second-order valence-corrected chi connectivity index (χ2v) is 10.6. The Bertz CT molecular complexity index is 1450. The Balaban J connectivity index is 1.23. The van der Waals surface area contributed by atoms with Gasteiger partial charge in [-0.1, -0.05) is 18.2 Å². The van der Waals surface area contributed by atoms with Crippen LogP contribution in [0.1, 0.15) is 45.7 Å². The fourth-order valence-electron chi connectivity index (χ4n) is 5.63. The minimum Gasteiger partial charge on any atom is -0.493 e. The Morgan fingerprint density at radius 1 is 1.00 bits per heavy atom. The molecule has 1 aromatic heterocycles. The molecule has 3 amide bonds. The predicted molar refractivity (Wildman–Crippen MR) is 148 cm³/mol. The van der Waals surface area contributed by atoms with E-state index in [1.54, 1.807) is 17.0 Å². The molecule has 1 saturated heterocycles. The number of carbonyl (C=O) groups excluding carboxylic acids is 3. The van der Waals surface area contributed by atoms with Gasteiger partial charge in [0.05, 0.1) is 19.7 Å². The van der Waals surface area contributed by atoms with Crippen LogP contribution in [-0.2, 0) is 35.4 Å². The van der Waals surface area contributed by atoms with Gasteiger partial charge in [-0.05, 0) is 61.1 Å². The zero-order valence-corrected chi connectivity index (χ0v) is 22.9. The first-order valence-corrected chi connectivity index (χ1v) is 13.9. The maximum Gasteiger partial charge on any atom is 0.274 e. The van der Waals surface area contributed by atoms with Crippen molar-refractivity contribution < 1.29 is 28.6 Å². The van der Waals surface area contributed by atoms with E-state index in [-0.39, 0.29) is 30.7 Å². The molecule has 2 aromatic carbocycles. The second kappa shape index (κ2) is 11.5. The number of hydrogen-bond acceptors (Lipinski definition) is 7. The molecule has 0 radical (unpaired) electrons. The monoisotopic (exact) mass is 559 g/mol. The first-order valence-electron chi connectivity index (χ1n) is 13.9. The highest BCUT2D eigenvalue weighted by Crippen LogP contribution is 2.29. The highest BCUT2D eigenvalue weighted by Gasteiger charge is 2.39. The van der Waals surface area contributed by atoms with Crippen LogP contribution in [0.4, 0.5) is 0 Å². The van der Waals surface area contributed by atoms with Crippen molar-refractivity contribution in [2.75, 3.05) is 26.8 Å². The summed E-state index contributed by atoms with van der Waals surface area (Å²) in [5.74, 6) is 0.988. The molecule has 0 unspecified atom stereocenters. The van der Waals surface area contributed by atoms with E-state index < -0.39 is 12.1 Å². The van der Waals surface area contributed by atoms with Crippen LogP contribution in [0.2, 0.25) is 0 Å². The normalized spacial score (nSPS) is 20.9. The summed E-state index contributed by atoms with van der Waals surface area (Å²) in [5.41, 5.74) is 4.26. The van der Waals surface area contributed by atoms with Gasteiger partial charge in [-0.15, -0.1) is 0 Å². The van der Waals surface area contributed by atoms with Gasteiger partial charge >= 0.3 is 0 Å². The molecule has 4 bridgehead atoms. The predicted octanol–water partition coefficient (Wildman–Crippen LogP) is 1.94. The van der Waals surface area contributed by atoms with Crippen LogP contribution in [0.25, 0.3) is 0 Å². The number of benzene rings is 2. The number of methoxy groups -OCH3 is 1. The van der Waals surface area contributed by atoms with E-state index in [1.165, 1.54) is 7.11 Å². The summed E-state index contributed by atoms with van der Waals surface area (Å²) in [6, 6.07) is 12.4. The third-order valence-corrected chi connectivity index (χ3v) is 7.84. The van der Waals surface area contributed by atoms with Gasteiger partial charge < -0.3 is 29.7 Å². The molecule has 0 spiro atoms. The molecule has 1 aliphatic carbocycles. The standard InChI is InChI=1S/C30H33N5O6/c1-39-24-11-7-18-8-12-27(36)32-23-15-35(30(38)29-21-3-2-4-22(21)33-34-29)16-26(23)41-20-9-5-19(6-10-20)14-31-28(37)17-40-25(24)13-18/h5-7,9-11,13,23,26H,2-4,8,12,14-17H2,1H3,(H,31,37)(H,32,36)(H,33,34)/t23-,26-/m0/s1. The van der Waals surface area contributed by atoms with Gasteiger partial charge in [0.1, 0.15) is 11.9 Å². The summed E-state index contributed by atoms with van der Waals surface area (Å²) >= 11 is 0. The van der Waals surface area contributed by atoms with E-state index in [0.29, 0.717) is 49.0 Å². The minimum atomic E-state index is -0.441. The minimum absolute atomic E-state index is 0.149. The lowest BCUT2D eigenvalue weighted by atomic mass is 10.1. The van der Waals surface area contributed by atoms with Crippen LogP contribution in [-0.4, -0.2) is 71.8 Å². The van der Waals surface area contributed by atoms with Crippen LogP contribution in [0, 0.1) is 0 Å². The Kier molecular flexibility index (Phi) is 7.49. The number of H-pyrrole nitrogens is 1. The van der Waals surface area contributed by atoms with Crippen molar-refractivity contribution >= 4 is 17.7 Å². The maximum atomic E-state index is 13.5. The van der Waals surface area contributed by atoms with Crippen molar-refractivity contribution in [1.82, 2.24) is 25.7 Å². The molecule has 2 atom stereocenters. The number of carbonyl (C=O) groups is 3. The number of fused-ring (bicyclic) bond motifs is 10. The van der Waals surface area contributed by atoms with Gasteiger partial charge in [-0.25, -0.2) is 0 Å². The average Bonchev–Trinajstić information content (AvgIpc) is 3.71. The number of aryl methyl sites for hydroxylation is 2. The molecule has 41 heavy (non-hydrogen) atoms. The second-order valence-electron chi connectivity index (χ2n) is 10.6. The Morgan fingerprint density at radius 3 is 2.66 bits per heavy atom. The molecule has 7 rings (SSSR count). The number of rotatable bonds is 2. The van der Waals surface area contributed by atoms with Crippen molar-refractivity contribution in [3.05, 3.63) is 70.5 Å². The molecule has 3 aromatic rings. The molecule has 11 heteroatoms. The number of aromatic amines is 1.